The third kappa shape index (κ3) is 4.51. The molecule has 4 nitrogen and oxygen atoms in total. The minimum Gasteiger partial charge on any atom is -0.507 e. The van der Waals surface area contributed by atoms with E-state index in [1.54, 1.807) is 12.1 Å². The Morgan fingerprint density at radius 3 is 2.88 bits per heavy atom. The highest BCUT2D eigenvalue weighted by Crippen LogP contribution is 2.19. The first-order chi connectivity index (χ1) is 8.04. The Morgan fingerprint density at radius 1 is 1.53 bits per heavy atom. The number of phenolic OH excluding ortho intramolecular Hbond substituents is 1. The summed E-state index contributed by atoms with van der Waals surface area (Å²) in [5, 5.41) is 21.6. The molecule has 1 amide bonds. The minimum atomic E-state index is -0.389. The molecule has 0 aromatic heterocycles. The lowest BCUT2D eigenvalue weighted by molar-refractivity contribution is 0.0939. The molecule has 5 heteroatoms. The van der Waals surface area contributed by atoms with Crippen molar-refractivity contribution in [1.82, 2.24) is 5.32 Å². The molecule has 1 rings (SSSR count). The number of carbonyl (C=O) groups is 1. The second-order valence-corrected chi connectivity index (χ2v) is 5.01. The molecule has 1 aromatic carbocycles. The van der Waals surface area contributed by atoms with Gasteiger partial charge in [-0.3, -0.25) is 4.79 Å². The van der Waals surface area contributed by atoms with Crippen molar-refractivity contribution in [3.05, 3.63) is 27.3 Å². The summed E-state index contributed by atoms with van der Waals surface area (Å²) < 4.78 is 0.888. The van der Waals surface area contributed by atoms with Crippen LogP contribution in [0.5, 0.6) is 5.75 Å². The lowest BCUT2D eigenvalue weighted by Crippen LogP contribution is -2.27. The maximum absolute atomic E-state index is 11.7. The molecule has 1 unspecified atom stereocenters. The monoisotopic (exact) mass is 349 g/mol. The SMILES string of the molecule is CCC(O)CCNC(=O)c1cc(I)ccc1O. The van der Waals surface area contributed by atoms with E-state index in [0.717, 1.165) is 3.57 Å². The van der Waals surface area contributed by atoms with Crippen molar-refractivity contribution < 1.29 is 15.0 Å². The van der Waals surface area contributed by atoms with Gasteiger partial charge in [-0.2, -0.15) is 0 Å². The maximum Gasteiger partial charge on any atom is 0.255 e. The van der Waals surface area contributed by atoms with E-state index < -0.39 is 0 Å². The number of aromatic hydroxyl groups is 1. The van der Waals surface area contributed by atoms with Crippen LogP contribution in [-0.2, 0) is 0 Å². The summed E-state index contributed by atoms with van der Waals surface area (Å²) in [7, 11) is 0. The van der Waals surface area contributed by atoms with Crippen molar-refractivity contribution in [2.75, 3.05) is 6.54 Å². The van der Waals surface area contributed by atoms with Gasteiger partial charge in [0.15, 0.2) is 0 Å². The Labute approximate surface area is 114 Å². The summed E-state index contributed by atoms with van der Waals surface area (Å²) in [4.78, 5) is 11.7. The summed E-state index contributed by atoms with van der Waals surface area (Å²) in [5.41, 5.74) is 0.267. The van der Waals surface area contributed by atoms with Crippen LogP contribution < -0.4 is 5.32 Å². The van der Waals surface area contributed by atoms with Gasteiger partial charge in [-0.05, 0) is 53.6 Å². The number of carbonyl (C=O) groups excluding carboxylic acids is 1. The molecule has 0 spiro atoms. The molecular weight excluding hydrogens is 333 g/mol. The van der Waals surface area contributed by atoms with Crippen molar-refractivity contribution in [1.29, 1.82) is 0 Å². The van der Waals surface area contributed by atoms with Crippen molar-refractivity contribution in [3.8, 4) is 5.75 Å². The number of halogens is 1. The van der Waals surface area contributed by atoms with Crippen LogP contribution in [-0.4, -0.2) is 28.8 Å². The lowest BCUT2D eigenvalue weighted by Gasteiger charge is -2.09. The summed E-state index contributed by atoms with van der Waals surface area (Å²) in [6.07, 6.45) is 0.803. The van der Waals surface area contributed by atoms with E-state index in [1.807, 2.05) is 6.92 Å². The first-order valence-corrected chi connectivity index (χ1v) is 6.57. The number of amides is 1. The zero-order valence-corrected chi connectivity index (χ0v) is 11.8. The molecule has 0 saturated heterocycles. The van der Waals surface area contributed by atoms with E-state index in [9.17, 15) is 15.0 Å². The predicted octanol–water partition coefficient (Wildman–Crippen LogP) is 1.89. The zero-order chi connectivity index (χ0) is 12.8. The molecule has 0 saturated carbocycles. The standard InChI is InChI=1S/C12H16INO3/c1-2-9(15)5-6-14-12(17)10-7-8(13)3-4-11(10)16/h3-4,7,9,15-16H,2,5-6H2,1H3,(H,14,17). The van der Waals surface area contributed by atoms with Crippen LogP contribution in [0.4, 0.5) is 0 Å². The molecule has 0 aliphatic rings. The summed E-state index contributed by atoms with van der Waals surface area (Å²) >= 11 is 2.08. The van der Waals surface area contributed by atoms with Gasteiger partial charge in [0.2, 0.25) is 0 Å². The summed E-state index contributed by atoms with van der Waals surface area (Å²) in [6, 6.07) is 4.85. The lowest BCUT2D eigenvalue weighted by atomic mass is 10.1. The van der Waals surface area contributed by atoms with E-state index in [1.165, 1.54) is 6.07 Å². The molecule has 0 aliphatic carbocycles. The van der Waals surface area contributed by atoms with Crippen LogP contribution in [0.25, 0.3) is 0 Å². The normalized spacial score (nSPS) is 12.2. The van der Waals surface area contributed by atoms with Gasteiger partial charge in [-0.25, -0.2) is 0 Å². The van der Waals surface area contributed by atoms with Gasteiger partial charge in [0, 0.05) is 10.1 Å². The average molecular weight is 349 g/mol. The maximum atomic E-state index is 11.7. The van der Waals surface area contributed by atoms with E-state index in [4.69, 9.17) is 0 Å². The highest BCUT2D eigenvalue weighted by molar-refractivity contribution is 14.1. The quantitative estimate of drug-likeness (QED) is 0.711. The fraction of sp³-hybridized carbons (Fsp3) is 0.417. The van der Waals surface area contributed by atoms with E-state index in [0.29, 0.717) is 19.4 Å². The van der Waals surface area contributed by atoms with Gasteiger partial charge in [0.25, 0.3) is 5.91 Å². The second-order valence-electron chi connectivity index (χ2n) is 3.77. The number of nitrogens with one attached hydrogen (secondary N) is 1. The Balaban J connectivity index is 2.55. The molecule has 94 valence electrons. The Kier molecular flexibility index (Phi) is 5.70. The van der Waals surface area contributed by atoms with Gasteiger partial charge in [-0.15, -0.1) is 0 Å². The van der Waals surface area contributed by atoms with Crippen LogP contribution in [0.2, 0.25) is 0 Å². The third-order valence-electron chi connectivity index (χ3n) is 2.44. The largest absolute Gasteiger partial charge is 0.507 e. The Morgan fingerprint density at radius 2 is 2.24 bits per heavy atom. The van der Waals surface area contributed by atoms with Gasteiger partial charge >= 0.3 is 0 Å². The van der Waals surface area contributed by atoms with Crippen LogP contribution in [0.3, 0.4) is 0 Å². The van der Waals surface area contributed by atoms with Gasteiger partial charge in [0.05, 0.1) is 11.7 Å². The van der Waals surface area contributed by atoms with E-state index in [-0.39, 0.29) is 23.3 Å². The molecule has 1 atom stereocenters. The topological polar surface area (TPSA) is 69.6 Å². The van der Waals surface area contributed by atoms with Crippen LogP contribution in [0.15, 0.2) is 18.2 Å². The second kappa shape index (κ2) is 6.80. The molecule has 1 aromatic rings. The molecule has 17 heavy (non-hydrogen) atoms. The molecule has 0 aliphatic heterocycles. The third-order valence-corrected chi connectivity index (χ3v) is 3.11. The molecular formula is C12H16INO3. The smallest absolute Gasteiger partial charge is 0.255 e. The number of phenols is 1. The number of benzene rings is 1. The highest BCUT2D eigenvalue weighted by atomic mass is 127. The van der Waals surface area contributed by atoms with E-state index in [2.05, 4.69) is 27.9 Å². The first kappa shape index (κ1) is 14.2. The van der Waals surface area contributed by atoms with Crippen molar-refractivity contribution >= 4 is 28.5 Å². The highest BCUT2D eigenvalue weighted by Gasteiger charge is 2.11. The van der Waals surface area contributed by atoms with Crippen LogP contribution >= 0.6 is 22.6 Å². The fourth-order valence-corrected chi connectivity index (χ4v) is 1.83. The zero-order valence-electron chi connectivity index (χ0n) is 9.61. The summed E-state index contributed by atoms with van der Waals surface area (Å²) in [5.74, 6) is -0.344. The predicted molar refractivity (Wildman–Crippen MR) is 74.1 cm³/mol. The number of hydrogen-bond donors (Lipinski definition) is 3. The molecule has 0 fully saturated rings. The number of aliphatic hydroxyl groups excluding tert-OH is 1. The Hall–Kier alpha value is -0.820. The van der Waals surface area contributed by atoms with Crippen molar-refractivity contribution in [2.24, 2.45) is 0 Å². The van der Waals surface area contributed by atoms with Gasteiger partial charge in [-0.1, -0.05) is 6.92 Å². The molecule has 3 N–H and O–H groups in total. The number of aliphatic hydroxyl groups is 1. The van der Waals surface area contributed by atoms with Crippen LogP contribution in [0, 0.1) is 3.57 Å². The number of hydrogen-bond acceptors (Lipinski definition) is 3. The number of rotatable bonds is 5. The van der Waals surface area contributed by atoms with Gasteiger partial charge < -0.3 is 15.5 Å². The van der Waals surface area contributed by atoms with Gasteiger partial charge in [0.1, 0.15) is 5.75 Å². The van der Waals surface area contributed by atoms with Crippen molar-refractivity contribution in [3.63, 3.8) is 0 Å². The Bertz CT molecular complexity index is 395. The molecule has 0 heterocycles. The average Bonchev–Trinajstić information content (AvgIpc) is 2.31. The summed E-state index contributed by atoms with van der Waals surface area (Å²) in [6.45, 7) is 2.29. The fourth-order valence-electron chi connectivity index (χ4n) is 1.34. The van der Waals surface area contributed by atoms with Crippen molar-refractivity contribution in [2.45, 2.75) is 25.9 Å². The molecule has 0 bridgehead atoms. The minimum absolute atomic E-state index is 0.0287. The molecule has 0 radical (unpaired) electrons. The van der Waals surface area contributed by atoms with Crippen LogP contribution in [0.1, 0.15) is 30.1 Å². The van der Waals surface area contributed by atoms with E-state index >= 15 is 0 Å². The first-order valence-electron chi connectivity index (χ1n) is 5.49.